The van der Waals surface area contributed by atoms with Gasteiger partial charge in [0.15, 0.2) is 0 Å². The van der Waals surface area contributed by atoms with Gasteiger partial charge >= 0.3 is 0 Å². The van der Waals surface area contributed by atoms with E-state index >= 15 is 0 Å². The zero-order valence-electron chi connectivity index (χ0n) is 12.4. The number of rotatable bonds is 5. The van der Waals surface area contributed by atoms with Crippen LogP contribution in [0.25, 0.3) is 0 Å². The molecule has 1 rings (SSSR count). The second kappa shape index (κ2) is 5.88. The molecule has 0 aromatic carbocycles. The first kappa shape index (κ1) is 15.9. The lowest BCUT2D eigenvalue weighted by Gasteiger charge is -2.26. The van der Waals surface area contributed by atoms with Crippen molar-refractivity contribution in [3.63, 3.8) is 0 Å². The Morgan fingerprint density at radius 3 is 2.39 bits per heavy atom. The third kappa shape index (κ3) is 4.52. The summed E-state index contributed by atoms with van der Waals surface area (Å²) < 4.78 is 26.0. The fourth-order valence-electron chi connectivity index (χ4n) is 2.29. The van der Waals surface area contributed by atoms with Gasteiger partial charge in [0.25, 0.3) is 0 Å². The highest BCUT2D eigenvalue weighted by atomic mass is 32.2. The maximum absolute atomic E-state index is 12.2. The summed E-state index contributed by atoms with van der Waals surface area (Å²) in [5.74, 6) is 0.688. The quantitative estimate of drug-likeness (QED) is 0.831. The van der Waals surface area contributed by atoms with E-state index in [9.17, 15) is 8.42 Å². The highest BCUT2D eigenvalue weighted by Gasteiger charge is 2.36. The number of nitrogens with zero attached hydrogens (tertiary/aromatic N) is 1. The third-order valence-electron chi connectivity index (χ3n) is 3.68. The van der Waals surface area contributed by atoms with E-state index < -0.39 is 10.0 Å². The van der Waals surface area contributed by atoms with Gasteiger partial charge in [0.05, 0.1) is 5.75 Å². The summed E-state index contributed by atoms with van der Waals surface area (Å²) in [4.78, 5) is 0. The molecule has 0 amide bonds. The minimum atomic E-state index is -3.08. The van der Waals surface area contributed by atoms with E-state index in [2.05, 4.69) is 26.1 Å². The van der Waals surface area contributed by atoms with E-state index in [1.165, 1.54) is 0 Å². The Morgan fingerprint density at radius 1 is 1.33 bits per heavy atom. The van der Waals surface area contributed by atoms with Crippen molar-refractivity contribution >= 4 is 10.0 Å². The van der Waals surface area contributed by atoms with Gasteiger partial charge in [-0.1, -0.05) is 34.6 Å². The number of hydrogen-bond acceptors (Lipinski definition) is 3. The molecule has 4 nitrogen and oxygen atoms in total. The lowest BCUT2D eigenvalue weighted by molar-refractivity contribution is 0.252. The van der Waals surface area contributed by atoms with Crippen molar-refractivity contribution in [3.05, 3.63) is 0 Å². The Kier molecular flexibility index (Phi) is 5.21. The molecular formula is C13H28N2O2S. The van der Waals surface area contributed by atoms with Crippen LogP contribution < -0.4 is 5.32 Å². The molecule has 5 heteroatoms. The van der Waals surface area contributed by atoms with Crippen molar-refractivity contribution in [1.29, 1.82) is 0 Å². The van der Waals surface area contributed by atoms with Crippen molar-refractivity contribution in [2.45, 2.75) is 47.1 Å². The van der Waals surface area contributed by atoms with Crippen molar-refractivity contribution < 1.29 is 8.42 Å². The van der Waals surface area contributed by atoms with E-state index in [0.717, 1.165) is 6.42 Å². The topological polar surface area (TPSA) is 49.4 Å². The molecule has 0 aromatic rings. The normalized spacial score (nSPS) is 22.9. The van der Waals surface area contributed by atoms with E-state index in [-0.39, 0.29) is 11.2 Å². The fourth-order valence-corrected chi connectivity index (χ4v) is 3.72. The summed E-state index contributed by atoms with van der Waals surface area (Å²) >= 11 is 0. The predicted molar refractivity (Wildman–Crippen MR) is 76.1 cm³/mol. The molecule has 0 bridgehead atoms. The van der Waals surface area contributed by atoms with Crippen LogP contribution >= 0.6 is 0 Å². The summed E-state index contributed by atoms with van der Waals surface area (Å²) in [7, 11) is -3.08. The molecule has 108 valence electrons. The van der Waals surface area contributed by atoms with Gasteiger partial charge in [0.2, 0.25) is 10.0 Å². The van der Waals surface area contributed by atoms with Gasteiger partial charge in [-0.15, -0.1) is 0 Å². The summed E-state index contributed by atoms with van der Waals surface area (Å²) in [5, 5.41) is 3.16. The molecule has 1 N–H and O–H groups in total. The molecule has 1 saturated heterocycles. The van der Waals surface area contributed by atoms with Crippen LogP contribution in [0, 0.1) is 11.3 Å². The maximum Gasteiger partial charge on any atom is 0.215 e. The zero-order valence-corrected chi connectivity index (χ0v) is 13.2. The van der Waals surface area contributed by atoms with Crippen LogP contribution in [0.3, 0.4) is 0 Å². The van der Waals surface area contributed by atoms with Crippen LogP contribution in [-0.2, 0) is 10.0 Å². The molecular weight excluding hydrogens is 248 g/mol. The summed E-state index contributed by atoms with van der Waals surface area (Å²) in [6.07, 6.45) is 0.986. The molecule has 1 aliphatic heterocycles. The number of hydrogen-bond donors (Lipinski definition) is 1. The highest BCUT2D eigenvalue weighted by Crippen LogP contribution is 2.34. The smallest absolute Gasteiger partial charge is 0.215 e. The van der Waals surface area contributed by atoms with E-state index in [1.54, 1.807) is 4.31 Å². The minimum absolute atomic E-state index is 0.195. The highest BCUT2D eigenvalue weighted by molar-refractivity contribution is 7.89. The Labute approximate surface area is 112 Å². The SMILES string of the molecule is CC(C)NCCS(=O)(=O)N1CCC(C(C)(C)C)C1. The van der Waals surface area contributed by atoms with Gasteiger partial charge in [0, 0.05) is 25.7 Å². The van der Waals surface area contributed by atoms with Gasteiger partial charge in [-0.25, -0.2) is 12.7 Å². The fraction of sp³-hybridized carbons (Fsp3) is 1.00. The first-order valence-corrected chi connectivity index (χ1v) is 8.45. The molecule has 1 fully saturated rings. The van der Waals surface area contributed by atoms with Gasteiger partial charge in [0.1, 0.15) is 0 Å². The molecule has 1 atom stereocenters. The van der Waals surface area contributed by atoms with Crippen molar-refractivity contribution in [2.24, 2.45) is 11.3 Å². The van der Waals surface area contributed by atoms with Gasteiger partial charge in [-0.3, -0.25) is 0 Å². The number of nitrogens with one attached hydrogen (secondary N) is 1. The number of sulfonamides is 1. The molecule has 0 saturated carbocycles. The van der Waals surface area contributed by atoms with Gasteiger partial charge in [-0.2, -0.15) is 0 Å². The van der Waals surface area contributed by atoms with Crippen LogP contribution in [-0.4, -0.2) is 44.2 Å². The minimum Gasteiger partial charge on any atom is -0.313 e. The lowest BCUT2D eigenvalue weighted by Crippen LogP contribution is -2.37. The summed E-state index contributed by atoms with van der Waals surface area (Å²) in [6.45, 7) is 12.5. The monoisotopic (exact) mass is 276 g/mol. The Morgan fingerprint density at radius 2 is 1.94 bits per heavy atom. The molecule has 1 aliphatic rings. The van der Waals surface area contributed by atoms with Crippen LogP contribution in [0.1, 0.15) is 41.0 Å². The zero-order chi connectivity index (χ0) is 14.0. The Balaban J connectivity index is 2.50. The van der Waals surface area contributed by atoms with Gasteiger partial charge in [-0.05, 0) is 17.8 Å². The van der Waals surface area contributed by atoms with E-state index in [4.69, 9.17) is 0 Å². The van der Waals surface area contributed by atoms with Gasteiger partial charge < -0.3 is 5.32 Å². The molecule has 0 aliphatic carbocycles. The standard InChI is InChI=1S/C13H28N2O2S/c1-11(2)14-7-9-18(16,17)15-8-6-12(10-15)13(3,4)5/h11-12,14H,6-10H2,1-5H3. The van der Waals surface area contributed by atoms with Crippen LogP contribution in [0.15, 0.2) is 0 Å². The molecule has 1 heterocycles. The van der Waals surface area contributed by atoms with Crippen molar-refractivity contribution in [1.82, 2.24) is 9.62 Å². The van der Waals surface area contributed by atoms with Crippen LogP contribution in [0.5, 0.6) is 0 Å². The molecule has 0 spiro atoms. The average molecular weight is 276 g/mol. The van der Waals surface area contributed by atoms with E-state index in [0.29, 0.717) is 31.6 Å². The second-order valence-electron chi connectivity index (χ2n) is 6.63. The van der Waals surface area contributed by atoms with Crippen LogP contribution in [0.2, 0.25) is 0 Å². The first-order chi connectivity index (χ1) is 8.13. The van der Waals surface area contributed by atoms with Crippen molar-refractivity contribution in [3.8, 4) is 0 Å². The molecule has 0 radical (unpaired) electrons. The van der Waals surface area contributed by atoms with Crippen molar-refractivity contribution in [2.75, 3.05) is 25.4 Å². The molecule has 1 unspecified atom stereocenters. The van der Waals surface area contributed by atoms with E-state index in [1.807, 2.05) is 13.8 Å². The van der Waals surface area contributed by atoms with Crippen LogP contribution in [0.4, 0.5) is 0 Å². The third-order valence-corrected chi connectivity index (χ3v) is 5.52. The Hall–Kier alpha value is -0.130. The average Bonchev–Trinajstić information content (AvgIpc) is 2.64. The molecule has 18 heavy (non-hydrogen) atoms. The summed E-state index contributed by atoms with van der Waals surface area (Å²) in [6, 6.07) is 0.334. The maximum atomic E-state index is 12.2. The molecule has 0 aromatic heterocycles. The Bertz CT molecular complexity index is 358. The predicted octanol–water partition coefficient (Wildman–Crippen LogP) is 1.68. The largest absolute Gasteiger partial charge is 0.313 e. The lowest BCUT2D eigenvalue weighted by atomic mass is 9.80. The second-order valence-corrected chi connectivity index (χ2v) is 8.72. The first-order valence-electron chi connectivity index (χ1n) is 6.84. The summed E-state index contributed by atoms with van der Waals surface area (Å²) in [5.41, 5.74) is 0.195.